The Kier molecular flexibility index (Phi) is 3.79. The van der Waals surface area contributed by atoms with Gasteiger partial charge in [0.15, 0.2) is 0 Å². The van der Waals surface area contributed by atoms with Crippen LogP contribution in [0.3, 0.4) is 0 Å². The fourth-order valence-corrected chi connectivity index (χ4v) is 0.345. The van der Waals surface area contributed by atoms with Gasteiger partial charge in [-0.25, -0.2) is 4.98 Å². The van der Waals surface area contributed by atoms with E-state index in [-0.39, 0.29) is 24.0 Å². The highest BCUT2D eigenvalue weighted by Crippen LogP contribution is 1.62. The van der Waals surface area contributed by atoms with Crippen molar-refractivity contribution < 1.29 is 18.4 Å². The molecular weight excluding hydrogens is 184 g/mol. The predicted molar refractivity (Wildman–Crippen MR) is 29.4 cm³/mol. The summed E-state index contributed by atoms with van der Waals surface area (Å²) in [7, 11) is 0. The summed E-state index contributed by atoms with van der Waals surface area (Å²) in [5, 5.41) is 0. The Morgan fingerprint density at radius 2 is 2.22 bits per heavy atom. The van der Waals surface area contributed by atoms with Crippen molar-refractivity contribution in [2.24, 2.45) is 0 Å². The minimum Gasteiger partial charge on any atom is -1.00 e. The molecule has 1 aromatic rings. The van der Waals surface area contributed by atoms with Crippen LogP contribution >= 0.6 is 0 Å². The lowest BCUT2D eigenvalue weighted by Crippen LogP contribution is -3.00. The zero-order valence-electron chi connectivity index (χ0n) is 5.49. The van der Waals surface area contributed by atoms with Crippen molar-refractivity contribution >= 4 is 0 Å². The molecule has 1 rings (SSSR count). The Morgan fingerprint density at radius 3 is 3.00 bits per heavy atom. The maximum absolute atomic E-state index is 10.3. The van der Waals surface area contributed by atoms with E-state index in [1.54, 1.807) is 6.07 Å². The van der Waals surface area contributed by atoms with Gasteiger partial charge in [0.05, 0.1) is 6.20 Å². The quantitative estimate of drug-likeness (QED) is 0.435. The molecule has 0 saturated heterocycles. The Balaban J connectivity index is 0. The van der Waals surface area contributed by atoms with Crippen molar-refractivity contribution in [1.29, 1.82) is 0 Å². The molecule has 1 aromatic heterocycles. The molecule has 0 unspecified atom stereocenters. The maximum Gasteiger partial charge on any atom is 1.00 e. The van der Waals surface area contributed by atoms with E-state index in [1.165, 1.54) is 18.6 Å². The highest BCUT2D eigenvalue weighted by Gasteiger charge is 1.72. The van der Waals surface area contributed by atoms with E-state index in [9.17, 15) is 4.79 Å². The zero-order valence-corrected chi connectivity index (χ0v) is 6.08. The summed E-state index contributed by atoms with van der Waals surface area (Å²) in [4.78, 5) is 17.3. The van der Waals surface area contributed by atoms with Gasteiger partial charge in [-0.2, -0.15) is 0 Å². The zero-order chi connectivity index (χ0) is 5.82. The molecule has 0 N–H and O–H groups in total. The van der Waals surface area contributed by atoms with Gasteiger partial charge < -0.3 is 17.0 Å². The van der Waals surface area contributed by atoms with Crippen LogP contribution in [0.1, 0.15) is 1.43 Å². The first-order chi connectivity index (χ1) is 3.89. The molecule has 0 aliphatic carbocycles. The van der Waals surface area contributed by atoms with Gasteiger partial charge in [0.25, 0.3) is 5.56 Å². The van der Waals surface area contributed by atoms with Gasteiger partial charge in [-0.1, -0.05) is 0 Å². The topological polar surface area (TPSA) is 42.9 Å². The lowest BCUT2D eigenvalue weighted by Gasteiger charge is -1.56. The molecule has 0 amide bonds. The summed E-state index contributed by atoms with van der Waals surface area (Å²) in [6.45, 7) is 0. The molecule has 0 spiro atoms. The van der Waals surface area contributed by atoms with Gasteiger partial charge in [-0.3, -0.25) is 9.78 Å². The molecule has 9 heavy (non-hydrogen) atoms. The van der Waals surface area contributed by atoms with E-state index in [0.29, 0.717) is 0 Å². The molecule has 0 radical (unpaired) electrons. The summed E-state index contributed by atoms with van der Waals surface area (Å²) < 4.78 is 0. The maximum atomic E-state index is 10.3. The SMILES string of the molecule is O=c1cncccn1.[Br-].[H+]. The standard InChI is InChI=1S/C5H4N2O.BrH/c8-5-4-6-2-1-3-7-5;/h1-4H;1H. The van der Waals surface area contributed by atoms with Crippen molar-refractivity contribution in [2.75, 3.05) is 0 Å². The van der Waals surface area contributed by atoms with E-state index < -0.39 is 0 Å². The van der Waals surface area contributed by atoms with Crippen LogP contribution in [0.25, 0.3) is 0 Å². The third kappa shape index (κ3) is 2.92. The van der Waals surface area contributed by atoms with Crippen LogP contribution in [-0.2, 0) is 0 Å². The first-order valence-corrected chi connectivity index (χ1v) is 2.16. The molecule has 0 aliphatic rings. The predicted octanol–water partition coefficient (Wildman–Crippen LogP) is -3.05. The molecule has 0 fully saturated rings. The van der Waals surface area contributed by atoms with Crippen LogP contribution in [-0.4, -0.2) is 9.97 Å². The molecule has 1 heterocycles. The van der Waals surface area contributed by atoms with E-state index in [0.717, 1.165) is 0 Å². The average Bonchev–Trinajstić information content (AvgIpc) is 1.94. The normalized spacial score (nSPS) is 7.56. The average molecular weight is 189 g/mol. The van der Waals surface area contributed by atoms with Crippen molar-refractivity contribution in [3.05, 3.63) is 35.0 Å². The molecule has 0 saturated carbocycles. The number of hydrogen-bond donors (Lipinski definition) is 0. The number of hydrogen-bond acceptors (Lipinski definition) is 3. The van der Waals surface area contributed by atoms with Crippen LogP contribution in [0, 0.1) is 0 Å². The highest BCUT2D eigenvalue weighted by atomic mass is 79.9. The van der Waals surface area contributed by atoms with Gasteiger partial charge in [0, 0.05) is 12.4 Å². The van der Waals surface area contributed by atoms with Crippen molar-refractivity contribution in [2.45, 2.75) is 0 Å². The number of aromatic nitrogens is 2. The summed E-state index contributed by atoms with van der Waals surface area (Å²) in [6, 6.07) is 1.60. The van der Waals surface area contributed by atoms with Crippen molar-refractivity contribution in [1.82, 2.24) is 9.97 Å². The summed E-state index contributed by atoms with van der Waals surface area (Å²) >= 11 is 0. The van der Waals surface area contributed by atoms with Crippen LogP contribution < -0.4 is 22.5 Å². The Hall–Kier alpha value is -0.770. The van der Waals surface area contributed by atoms with E-state index in [1.807, 2.05) is 0 Å². The molecule has 0 aliphatic heterocycles. The lowest BCUT2D eigenvalue weighted by molar-refractivity contribution is -0.00000182. The molecule has 0 bridgehead atoms. The third-order valence-corrected chi connectivity index (χ3v) is 0.645. The molecule has 3 nitrogen and oxygen atoms in total. The molecule has 0 aromatic carbocycles. The smallest absolute Gasteiger partial charge is 1.00 e. The van der Waals surface area contributed by atoms with E-state index in [2.05, 4.69) is 9.97 Å². The van der Waals surface area contributed by atoms with Crippen LogP contribution in [0.15, 0.2) is 29.5 Å². The second-order valence-corrected chi connectivity index (χ2v) is 1.24. The van der Waals surface area contributed by atoms with Gasteiger partial charge in [-0.05, 0) is 6.07 Å². The number of halogens is 1. The highest BCUT2D eigenvalue weighted by molar-refractivity contribution is 4.78. The second kappa shape index (κ2) is 4.14. The van der Waals surface area contributed by atoms with Crippen molar-refractivity contribution in [3.63, 3.8) is 0 Å². The van der Waals surface area contributed by atoms with Gasteiger partial charge in [0.1, 0.15) is 0 Å². The number of nitrogens with zero attached hydrogens (tertiary/aromatic N) is 2. The monoisotopic (exact) mass is 188 g/mol. The summed E-state index contributed by atoms with van der Waals surface area (Å²) in [5.74, 6) is 0. The largest absolute Gasteiger partial charge is 1.00 e. The van der Waals surface area contributed by atoms with Crippen LogP contribution in [0.5, 0.6) is 0 Å². The second-order valence-electron chi connectivity index (χ2n) is 1.24. The molecule has 0 atom stereocenters. The minimum atomic E-state index is -0.310. The molecule has 4 heteroatoms. The third-order valence-electron chi connectivity index (χ3n) is 0.645. The lowest BCUT2D eigenvalue weighted by atomic mass is 10.7. The molecule has 48 valence electrons. The first-order valence-electron chi connectivity index (χ1n) is 2.16. The van der Waals surface area contributed by atoms with E-state index >= 15 is 0 Å². The van der Waals surface area contributed by atoms with Crippen molar-refractivity contribution in [3.8, 4) is 0 Å². The van der Waals surface area contributed by atoms with Gasteiger partial charge >= 0.3 is 1.43 Å². The van der Waals surface area contributed by atoms with Crippen LogP contribution in [0.4, 0.5) is 0 Å². The Bertz CT molecular complexity index is 210. The van der Waals surface area contributed by atoms with Crippen LogP contribution in [0.2, 0.25) is 0 Å². The molecular formula is C5H5BrN2O. The van der Waals surface area contributed by atoms with Gasteiger partial charge in [0.2, 0.25) is 0 Å². The minimum absolute atomic E-state index is 0. The van der Waals surface area contributed by atoms with Gasteiger partial charge in [-0.15, -0.1) is 0 Å². The van der Waals surface area contributed by atoms with E-state index in [4.69, 9.17) is 0 Å². The fourth-order valence-electron chi connectivity index (χ4n) is 0.345. The summed E-state index contributed by atoms with van der Waals surface area (Å²) in [5.41, 5.74) is -0.310. The Morgan fingerprint density at radius 1 is 1.44 bits per heavy atom. The number of rotatable bonds is 0. The Labute approximate surface area is 64.0 Å². The summed E-state index contributed by atoms with van der Waals surface area (Å²) in [6.07, 6.45) is 4.09. The fraction of sp³-hybridized carbons (Fsp3) is 0. The first kappa shape index (κ1) is 8.23.